The molecule has 1 aliphatic heterocycles. The van der Waals surface area contributed by atoms with Crippen molar-refractivity contribution in [1.82, 2.24) is 10.2 Å². The highest BCUT2D eigenvalue weighted by Crippen LogP contribution is 2.12. The van der Waals surface area contributed by atoms with Crippen LogP contribution in [0.3, 0.4) is 0 Å². The lowest BCUT2D eigenvalue weighted by atomic mass is 10.1. The Kier molecular flexibility index (Phi) is 4.58. The average Bonchev–Trinajstić information content (AvgIpc) is 2.50. The van der Waals surface area contributed by atoms with Crippen LogP contribution in [-0.2, 0) is 4.79 Å². The van der Waals surface area contributed by atoms with Gasteiger partial charge in [0.25, 0.3) is 0 Å². The second-order valence-corrected chi connectivity index (χ2v) is 5.24. The molecular weight excluding hydrogens is 188 g/mol. The van der Waals surface area contributed by atoms with Gasteiger partial charge in [-0.05, 0) is 26.2 Å². The second-order valence-electron chi connectivity index (χ2n) is 5.24. The van der Waals surface area contributed by atoms with Crippen molar-refractivity contribution in [3.8, 4) is 0 Å². The first-order valence-corrected chi connectivity index (χ1v) is 6.02. The molecule has 3 heteroatoms. The van der Waals surface area contributed by atoms with E-state index in [4.69, 9.17) is 0 Å². The maximum absolute atomic E-state index is 11.6. The van der Waals surface area contributed by atoms with E-state index >= 15 is 0 Å². The van der Waals surface area contributed by atoms with Gasteiger partial charge in [0.15, 0.2) is 0 Å². The molecule has 1 amide bonds. The zero-order valence-corrected chi connectivity index (χ0v) is 10.4. The van der Waals surface area contributed by atoms with Gasteiger partial charge in [-0.3, -0.25) is 9.69 Å². The largest absolute Gasteiger partial charge is 0.352 e. The van der Waals surface area contributed by atoms with E-state index in [9.17, 15) is 4.79 Å². The molecule has 0 bridgehead atoms. The summed E-state index contributed by atoms with van der Waals surface area (Å²) in [7, 11) is 0. The summed E-state index contributed by atoms with van der Waals surface area (Å²) in [6.45, 7) is 10.7. The number of nitrogens with one attached hydrogen (secondary N) is 1. The maximum atomic E-state index is 11.6. The molecule has 1 heterocycles. The predicted octanol–water partition coefficient (Wildman–Crippen LogP) is 1.63. The normalized spacial score (nSPS) is 22.7. The van der Waals surface area contributed by atoms with Crippen LogP contribution in [0.25, 0.3) is 0 Å². The van der Waals surface area contributed by atoms with Crippen LogP contribution in [0.5, 0.6) is 0 Å². The third-order valence-corrected chi connectivity index (χ3v) is 2.91. The van der Waals surface area contributed by atoms with Gasteiger partial charge in [0.2, 0.25) is 5.91 Å². The number of hydrogen-bond donors (Lipinski definition) is 1. The van der Waals surface area contributed by atoms with Crippen LogP contribution in [0.2, 0.25) is 0 Å². The molecule has 1 fully saturated rings. The number of carbonyl (C=O) groups excluding carboxylic acids is 1. The molecule has 1 aliphatic rings. The molecule has 0 aliphatic carbocycles. The van der Waals surface area contributed by atoms with E-state index in [0.29, 0.717) is 24.4 Å². The Morgan fingerprint density at radius 1 is 1.40 bits per heavy atom. The first-order chi connectivity index (χ1) is 6.99. The number of likely N-dealkylation sites (tertiary alicyclic amines) is 1. The van der Waals surface area contributed by atoms with Crippen molar-refractivity contribution in [3.63, 3.8) is 0 Å². The number of rotatable bonds is 4. The Hall–Kier alpha value is -0.570. The molecule has 0 aromatic rings. The van der Waals surface area contributed by atoms with Gasteiger partial charge in [0, 0.05) is 31.6 Å². The minimum atomic E-state index is 0.209. The van der Waals surface area contributed by atoms with E-state index in [0.717, 1.165) is 19.5 Å². The number of hydrogen-bond acceptors (Lipinski definition) is 2. The van der Waals surface area contributed by atoms with Crippen molar-refractivity contribution in [2.24, 2.45) is 5.92 Å². The molecule has 3 nitrogen and oxygen atoms in total. The van der Waals surface area contributed by atoms with Crippen LogP contribution in [0.4, 0.5) is 0 Å². The molecule has 1 rings (SSSR count). The number of carbonyl (C=O) groups is 1. The van der Waals surface area contributed by atoms with E-state index in [2.05, 4.69) is 37.9 Å². The molecule has 0 radical (unpaired) electrons. The smallest absolute Gasteiger partial charge is 0.220 e. The zero-order chi connectivity index (χ0) is 11.4. The summed E-state index contributed by atoms with van der Waals surface area (Å²) in [5.74, 6) is 0.660. The van der Waals surface area contributed by atoms with Crippen LogP contribution in [0, 0.1) is 5.92 Å². The van der Waals surface area contributed by atoms with E-state index < -0.39 is 0 Å². The zero-order valence-electron chi connectivity index (χ0n) is 10.4. The lowest BCUT2D eigenvalue weighted by molar-refractivity contribution is -0.122. The number of nitrogens with zero attached hydrogens (tertiary/aromatic N) is 1. The highest BCUT2D eigenvalue weighted by Gasteiger charge is 2.25. The van der Waals surface area contributed by atoms with Gasteiger partial charge >= 0.3 is 0 Å². The van der Waals surface area contributed by atoms with E-state index in [1.807, 2.05) is 0 Å². The Morgan fingerprint density at radius 2 is 2.07 bits per heavy atom. The van der Waals surface area contributed by atoms with Gasteiger partial charge in [0.05, 0.1) is 0 Å². The van der Waals surface area contributed by atoms with Crippen LogP contribution in [0.1, 0.15) is 40.5 Å². The summed E-state index contributed by atoms with van der Waals surface area (Å²) < 4.78 is 0. The molecule has 1 N–H and O–H groups in total. The third kappa shape index (κ3) is 4.20. The minimum absolute atomic E-state index is 0.209. The van der Waals surface area contributed by atoms with Crippen molar-refractivity contribution in [2.75, 3.05) is 13.1 Å². The molecule has 0 unspecified atom stereocenters. The molecule has 0 aromatic carbocycles. The summed E-state index contributed by atoms with van der Waals surface area (Å²) >= 11 is 0. The topological polar surface area (TPSA) is 32.3 Å². The van der Waals surface area contributed by atoms with Gasteiger partial charge < -0.3 is 5.32 Å². The molecule has 88 valence electrons. The van der Waals surface area contributed by atoms with Gasteiger partial charge in [-0.1, -0.05) is 13.8 Å². The van der Waals surface area contributed by atoms with Crippen LogP contribution >= 0.6 is 0 Å². The molecule has 0 aromatic heterocycles. The average molecular weight is 212 g/mol. The Labute approximate surface area is 93.2 Å². The summed E-state index contributed by atoms with van der Waals surface area (Å²) in [6.07, 6.45) is 1.75. The number of amides is 1. The molecule has 1 atom stereocenters. The molecule has 0 spiro atoms. The fourth-order valence-electron chi connectivity index (χ4n) is 2.03. The monoisotopic (exact) mass is 212 g/mol. The summed E-state index contributed by atoms with van der Waals surface area (Å²) in [6, 6.07) is 0.968. The third-order valence-electron chi connectivity index (χ3n) is 2.91. The second kappa shape index (κ2) is 5.50. The Morgan fingerprint density at radius 3 is 2.53 bits per heavy atom. The maximum Gasteiger partial charge on any atom is 0.220 e. The highest BCUT2D eigenvalue weighted by molar-refractivity contribution is 5.76. The first kappa shape index (κ1) is 12.5. The van der Waals surface area contributed by atoms with Crippen LogP contribution in [-0.4, -0.2) is 36.0 Å². The highest BCUT2D eigenvalue weighted by atomic mass is 16.1. The van der Waals surface area contributed by atoms with Gasteiger partial charge in [-0.15, -0.1) is 0 Å². The lowest BCUT2D eigenvalue weighted by Gasteiger charge is -2.20. The van der Waals surface area contributed by atoms with Gasteiger partial charge in [-0.25, -0.2) is 0 Å². The van der Waals surface area contributed by atoms with Crippen LogP contribution in [0.15, 0.2) is 0 Å². The van der Waals surface area contributed by atoms with Crippen molar-refractivity contribution in [3.05, 3.63) is 0 Å². The Balaban J connectivity index is 2.27. The van der Waals surface area contributed by atoms with E-state index in [-0.39, 0.29) is 5.91 Å². The van der Waals surface area contributed by atoms with Gasteiger partial charge in [0.1, 0.15) is 0 Å². The standard InChI is InChI=1S/C12H24N2O/c1-9(2)7-12(15)13-11-5-6-14(8-11)10(3)4/h9-11H,5-8H2,1-4H3,(H,13,15)/t11-/m1/s1. The minimum Gasteiger partial charge on any atom is -0.352 e. The fraction of sp³-hybridized carbons (Fsp3) is 0.917. The quantitative estimate of drug-likeness (QED) is 0.768. The van der Waals surface area contributed by atoms with Crippen molar-refractivity contribution in [1.29, 1.82) is 0 Å². The van der Waals surface area contributed by atoms with Crippen molar-refractivity contribution >= 4 is 5.91 Å². The molecule has 1 saturated heterocycles. The lowest BCUT2D eigenvalue weighted by Crippen LogP contribution is -2.38. The first-order valence-electron chi connectivity index (χ1n) is 6.02. The molecule has 15 heavy (non-hydrogen) atoms. The van der Waals surface area contributed by atoms with E-state index in [1.54, 1.807) is 0 Å². The molecular formula is C12H24N2O. The fourth-order valence-corrected chi connectivity index (χ4v) is 2.03. The van der Waals surface area contributed by atoms with Crippen LogP contribution < -0.4 is 5.32 Å². The SMILES string of the molecule is CC(C)CC(=O)N[C@@H]1CCN(C(C)C)C1. The molecule has 0 saturated carbocycles. The van der Waals surface area contributed by atoms with Crippen molar-refractivity contribution < 1.29 is 4.79 Å². The van der Waals surface area contributed by atoms with Crippen molar-refractivity contribution in [2.45, 2.75) is 52.6 Å². The van der Waals surface area contributed by atoms with Gasteiger partial charge in [-0.2, -0.15) is 0 Å². The summed E-state index contributed by atoms with van der Waals surface area (Å²) in [5, 5.41) is 3.11. The predicted molar refractivity (Wildman–Crippen MR) is 62.7 cm³/mol. The van der Waals surface area contributed by atoms with E-state index in [1.165, 1.54) is 0 Å². The summed E-state index contributed by atoms with van der Waals surface area (Å²) in [5.41, 5.74) is 0. The Bertz CT molecular complexity index is 214. The summed E-state index contributed by atoms with van der Waals surface area (Å²) in [4.78, 5) is 14.0.